The quantitative estimate of drug-likeness (QED) is 0.853. The minimum Gasteiger partial charge on any atom is -0.277 e. The first-order valence-electron chi connectivity index (χ1n) is 6.11. The zero-order valence-corrected chi connectivity index (χ0v) is 10.4. The second-order valence-electron chi connectivity index (χ2n) is 4.45. The van der Waals surface area contributed by atoms with Crippen LogP contribution in [0, 0.1) is 5.82 Å². The van der Waals surface area contributed by atoms with E-state index in [1.165, 1.54) is 29.2 Å². The molecule has 4 nitrogen and oxygen atoms in total. The maximum Gasteiger partial charge on any atom is 0.329 e. The van der Waals surface area contributed by atoms with E-state index in [4.69, 9.17) is 0 Å². The fraction of sp³-hybridized carbons (Fsp3) is 0.0667. The maximum absolute atomic E-state index is 13.0. The lowest BCUT2D eigenvalue weighted by molar-refractivity contribution is -0.119. The highest BCUT2D eigenvalue weighted by Crippen LogP contribution is 2.31. The second-order valence-corrected chi connectivity index (χ2v) is 4.45. The summed E-state index contributed by atoms with van der Waals surface area (Å²) in [6, 6.07) is 13.2. The molecule has 3 rings (SSSR count). The van der Waals surface area contributed by atoms with Crippen LogP contribution >= 0.6 is 0 Å². The van der Waals surface area contributed by atoms with E-state index in [1.54, 1.807) is 24.3 Å². The van der Waals surface area contributed by atoms with E-state index in [2.05, 4.69) is 5.32 Å². The number of nitrogens with zero attached hydrogens (tertiary/aromatic N) is 1. The summed E-state index contributed by atoms with van der Waals surface area (Å²) in [5, 5.41) is 2.28. The van der Waals surface area contributed by atoms with Crippen molar-refractivity contribution in [2.75, 3.05) is 4.90 Å². The van der Waals surface area contributed by atoms with Gasteiger partial charge in [-0.05, 0) is 29.8 Å². The minimum absolute atomic E-state index is 0.384. The van der Waals surface area contributed by atoms with Gasteiger partial charge >= 0.3 is 6.03 Å². The maximum atomic E-state index is 13.0. The van der Waals surface area contributed by atoms with E-state index >= 15 is 0 Å². The Kier molecular flexibility index (Phi) is 2.95. The molecule has 3 amide bonds. The normalized spacial score (nSPS) is 18.2. The predicted molar refractivity (Wildman–Crippen MR) is 71.6 cm³/mol. The van der Waals surface area contributed by atoms with Gasteiger partial charge in [0.05, 0.1) is 0 Å². The molecule has 1 aliphatic heterocycles. The second kappa shape index (κ2) is 4.77. The SMILES string of the molecule is O=C1NC(=O)N(c2ccccc2)C1c1ccc(F)cc1. The highest BCUT2D eigenvalue weighted by atomic mass is 19.1. The summed E-state index contributed by atoms with van der Waals surface area (Å²) < 4.78 is 13.0. The highest BCUT2D eigenvalue weighted by Gasteiger charge is 2.40. The number of amides is 3. The van der Waals surface area contributed by atoms with Crippen LogP contribution in [0.1, 0.15) is 11.6 Å². The Hall–Kier alpha value is -2.69. The molecule has 20 heavy (non-hydrogen) atoms. The smallest absolute Gasteiger partial charge is 0.277 e. The fourth-order valence-electron chi connectivity index (χ4n) is 2.27. The van der Waals surface area contributed by atoms with E-state index in [9.17, 15) is 14.0 Å². The lowest BCUT2D eigenvalue weighted by Gasteiger charge is -2.21. The third kappa shape index (κ3) is 2.03. The first-order chi connectivity index (χ1) is 9.66. The first kappa shape index (κ1) is 12.3. The van der Waals surface area contributed by atoms with E-state index < -0.39 is 18.0 Å². The van der Waals surface area contributed by atoms with Gasteiger partial charge in [0, 0.05) is 5.69 Å². The summed E-state index contributed by atoms with van der Waals surface area (Å²) in [6.07, 6.45) is 0. The summed E-state index contributed by atoms with van der Waals surface area (Å²) in [6.45, 7) is 0. The molecule has 1 N–H and O–H groups in total. The zero-order valence-electron chi connectivity index (χ0n) is 10.4. The summed E-state index contributed by atoms with van der Waals surface area (Å²) in [4.78, 5) is 25.3. The van der Waals surface area contributed by atoms with E-state index in [0.717, 1.165) is 0 Å². The number of rotatable bonds is 2. The zero-order chi connectivity index (χ0) is 14.1. The largest absolute Gasteiger partial charge is 0.329 e. The van der Waals surface area contributed by atoms with Crippen molar-refractivity contribution in [1.29, 1.82) is 0 Å². The van der Waals surface area contributed by atoms with Crippen molar-refractivity contribution in [3.63, 3.8) is 0 Å². The highest BCUT2D eigenvalue weighted by molar-refractivity contribution is 6.14. The number of carbonyl (C=O) groups excluding carboxylic acids is 2. The van der Waals surface area contributed by atoms with Crippen LogP contribution < -0.4 is 10.2 Å². The number of anilines is 1. The molecule has 100 valence electrons. The lowest BCUT2D eigenvalue weighted by Crippen LogP contribution is -2.29. The van der Waals surface area contributed by atoms with Crippen LogP contribution in [0.25, 0.3) is 0 Å². The minimum atomic E-state index is -0.773. The monoisotopic (exact) mass is 270 g/mol. The molecule has 1 heterocycles. The van der Waals surface area contributed by atoms with Gasteiger partial charge in [-0.2, -0.15) is 0 Å². The van der Waals surface area contributed by atoms with Crippen LogP contribution in [0.15, 0.2) is 54.6 Å². The Morgan fingerprint density at radius 1 is 0.950 bits per heavy atom. The van der Waals surface area contributed by atoms with Gasteiger partial charge in [0.2, 0.25) is 0 Å². The Balaban J connectivity index is 2.04. The third-order valence-electron chi connectivity index (χ3n) is 3.18. The van der Waals surface area contributed by atoms with Crippen molar-refractivity contribution in [2.45, 2.75) is 6.04 Å². The Morgan fingerprint density at radius 3 is 2.25 bits per heavy atom. The molecule has 0 bridgehead atoms. The Morgan fingerprint density at radius 2 is 1.60 bits per heavy atom. The van der Waals surface area contributed by atoms with Crippen molar-refractivity contribution in [1.82, 2.24) is 5.32 Å². The Bertz CT molecular complexity index is 655. The molecule has 1 fully saturated rings. The average Bonchev–Trinajstić information content (AvgIpc) is 2.75. The van der Waals surface area contributed by atoms with Crippen molar-refractivity contribution < 1.29 is 14.0 Å². The third-order valence-corrected chi connectivity index (χ3v) is 3.18. The summed E-state index contributed by atoms with van der Waals surface area (Å²) in [5.74, 6) is -0.796. The van der Waals surface area contributed by atoms with Gasteiger partial charge in [-0.3, -0.25) is 15.0 Å². The van der Waals surface area contributed by atoms with E-state index in [1.807, 2.05) is 6.07 Å². The van der Waals surface area contributed by atoms with Gasteiger partial charge in [0.25, 0.3) is 5.91 Å². The van der Waals surface area contributed by atoms with E-state index in [-0.39, 0.29) is 5.82 Å². The molecule has 0 radical (unpaired) electrons. The topological polar surface area (TPSA) is 49.4 Å². The van der Waals surface area contributed by atoms with Crippen molar-refractivity contribution in [3.05, 3.63) is 66.0 Å². The number of para-hydroxylation sites is 1. The van der Waals surface area contributed by atoms with Crippen LogP contribution in [-0.2, 0) is 4.79 Å². The molecular weight excluding hydrogens is 259 g/mol. The van der Waals surface area contributed by atoms with Crippen molar-refractivity contribution in [2.24, 2.45) is 0 Å². The summed E-state index contributed by atoms with van der Waals surface area (Å²) in [5.41, 5.74) is 1.18. The number of imide groups is 1. The number of nitrogens with one attached hydrogen (secondary N) is 1. The predicted octanol–water partition coefficient (Wildman–Crippen LogP) is 2.62. The number of halogens is 1. The standard InChI is InChI=1S/C15H11FN2O2/c16-11-8-6-10(7-9-11)13-14(19)17-15(20)18(13)12-4-2-1-3-5-12/h1-9,13H,(H,17,19,20). The van der Waals surface area contributed by atoms with Gasteiger partial charge in [-0.25, -0.2) is 9.18 Å². The molecule has 2 aromatic rings. The molecule has 2 aromatic carbocycles. The Labute approximate surface area is 114 Å². The average molecular weight is 270 g/mol. The molecular formula is C15H11FN2O2. The molecule has 0 spiro atoms. The molecule has 1 unspecified atom stereocenters. The van der Waals surface area contributed by atoms with Gasteiger partial charge in [-0.15, -0.1) is 0 Å². The summed E-state index contributed by atoms with van der Waals surface area (Å²) in [7, 11) is 0. The van der Waals surface area contributed by atoms with Gasteiger partial charge < -0.3 is 0 Å². The van der Waals surface area contributed by atoms with Crippen molar-refractivity contribution >= 4 is 17.6 Å². The molecule has 1 saturated heterocycles. The molecule has 1 atom stereocenters. The van der Waals surface area contributed by atoms with Crippen LogP contribution in [-0.4, -0.2) is 11.9 Å². The molecule has 5 heteroatoms. The van der Waals surface area contributed by atoms with Crippen LogP contribution in [0.3, 0.4) is 0 Å². The number of hydrogen-bond acceptors (Lipinski definition) is 2. The lowest BCUT2D eigenvalue weighted by atomic mass is 10.1. The van der Waals surface area contributed by atoms with Crippen LogP contribution in [0.5, 0.6) is 0 Å². The molecule has 0 aliphatic carbocycles. The van der Waals surface area contributed by atoms with Gasteiger partial charge in [0.15, 0.2) is 0 Å². The van der Waals surface area contributed by atoms with Crippen LogP contribution in [0.4, 0.5) is 14.9 Å². The fourth-order valence-corrected chi connectivity index (χ4v) is 2.27. The number of hydrogen-bond donors (Lipinski definition) is 1. The summed E-state index contributed by atoms with van der Waals surface area (Å²) >= 11 is 0. The molecule has 1 aliphatic rings. The van der Waals surface area contributed by atoms with Crippen molar-refractivity contribution in [3.8, 4) is 0 Å². The van der Waals surface area contributed by atoms with Gasteiger partial charge in [-0.1, -0.05) is 30.3 Å². The molecule has 0 aromatic heterocycles. The van der Waals surface area contributed by atoms with E-state index in [0.29, 0.717) is 11.3 Å². The molecule has 0 saturated carbocycles. The number of benzene rings is 2. The van der Waals surface area contributed by atoms with Gasteiger partial charge in [0.1, 0.15) is 11.9 Å². The number of carbonyl (C=O) groups is 2. The number of urea groups is 1. The first-order valence-corrected chi connectivity index (χ1v) is 6.11. The van der Waals surface area contributed by atoms with Crippen LogP contribution in [0.2, 0.25) is 0 Å².